The smallest absolute Gasteiger partial charge is 0.179 e. The molecule has 0 bridgehead atoms. The van der Waals surface area contributed by atoms with Gasteiger partial charge in [0.2, 0.25) is 0 Å². The molecule has 1 N–H and O–H groups in total. The van der Waals surface area contributed by atoms with E-state index >= 15 is 0 Å². The van der Waals surface area contributed by atoms with E-state index in [1.807, 2.05) is 24.3 Å². The third kappa shape index (κ3) is 2.34. The molecule has 80 valence electrons. The standard InChI is InChI=1S/C9H9N7/c10-14-11-6-5-7-1-3-8(4-2-7)9-12-15-16-13-9/h1-4H,5-6H2,(H,12,13,15,16). The Balaban J connectivity index is 2.07. The van der Waals surface area contributed by atoms with Gasteiger partial charge < -0.3 is 0 Å². The SMILES string of the molecule is [N-]=[N+]=NCCc1ccc(-c2nnn[nH]2)cc1. The molecule has 1 aromatic carbocycles. The zero-order valence-electron chi connectivity index (χ0n) is 8.41. The Bertz CT molecular complexity index is 481. The minimum atomic E-state index is 0.472. The van der Waals surface area contributed by atoms with E-state index in [9.17, 15) is 0 Å². The number of nitrogens with zero attached hydrogens (tertiary/aromatic N) is 6. The van der Waals surface area contributed by atoms with E-state index in [1.165, 1.54) is 0 Å². The second-order valence-corrected chi connectivity index (χ2v) is 3.15. The summed E-state index contributed by atoms with van der Waals surface area (Å²) in [5.41, 5.74) is 10.2. The molecule has 0 aliphatic heterocycles. The van der Waals surface area contributed by atoms with E-state index in [0.29, 0.717) is 12.4 Å². The Morgan fingerprint density at radius 3 is 2.75 bits per heavy atom. The van der Waals surface area contributed by atoms with Gasteiger partial charge in [-0.1, -0.05) is 29.4 Å². The van der Waals surface area contributed by atoms with Crippen LogP contribution in [0.5, 0.6) is 0 Å². The van der Waals surface area contributed by atoms with Crippen molar-refractivity contribution in [1.29, 1.82) is 0 Å². The summed E-state index contributed by atoms with van der Waals surface area (Å²) in [4.78, 5) is 2.70. The highest BCUT2D eigenvalue weighted by Gasteiger charge is 2.00. The molecule has 0 aliphatic carbocycles. The number of azide groups is 1. The number of H-pyrrole nitrogens is 1. The Morgan fingerprint density at radius 1 is 1.31 bits per heavy atom. The van der Waals surface area contributed by atoms with Gasteiger partial charge in [0.15, 0.2) is 5.82 Å². The number of hydrogen-bond acceptors (Lipinski definition) is 4. The number of benzene rings is 1. The number of aromatic nitrogens is 4. The number of aromatic amines is 1. The predicted octanol–water partition coefficient (Wildman–Crippen LogP) is 1.72. The highest BCUT2D eigenvalue weighted by molar-refractivity contribution is 5.54. The maximum Gasteiger partial charge on any atom is 0.179 e. The summed E-state index contributed by atoms with van der Waals surface area (Å²) in [7, 11) is 0. The first-order chi connectivity index (χ1) is 7.90. The molecule has 0 saturated heterocycles. The van der Waals surface area contributed by atoms with Gasteiger partial charge in [0, 0.05) is 17.0 Å². The lowest BCUT2D eigenvalue weighted by Crippen LogP contribution is -1.89. The average Bonchev–Trinajstić information content (AvgIpc) is 2.84. The Kier molecular flexibility index (Phi) is 3.10. The van der Waals surface area contributed by atoms with Crippen LogP contribution in [-0.2, 0) is 6.42 Å². The fourth-order valence-electron chi connectivity index (χ4n) is 1.33. The van der Waals surface area contributed by atoms with Crippen molar-refractivity contribution in [1.82, 2.24) is 20.6 Å². The molecule has 0 radical (unpaired) electrons. The highest BCUT2D eigenvalue weighted by Crippen LogP contribution is 2.14. The number of hydrogen-bond donors (Lipinski definition) is 1. The lowest BCUT2D eigenvalue weighted by atomic mass is 10.1. The fraction of sp³-hybridized carbons (Fsp3) is 0.222. The molecule has 0 aliphatic rings. The minimum absolute atomic E-state index is 0.472. The van der Waals surface area contributed by atoms with Crippen LogP contribution in [0, 0.1) is 0 Å². The number of tetrazole rings is 1. The molecule has 0 saturated carbocycles. The number of nitrogens with one attached hydrogen (secondary N) is 1. The summed E-state index contributed by atoms with van der Waals surface area (Å²) in [6, 6.07) is 7.77. The first kappa shape index (κ1) is 10.1. The molecule has 0 atom stereocenters. The second-order valence-electron chi connectivity index (χ2n) is 3.15. The van der Waals surface area contributed by atoms with Crippen molar-refractivity contribution < 1.29 is 0 Å². The number of rotatable bonds is 4. The third-order valence-electron chi connectivity index (χ3n) is 2.14. The van der Waals surface area contributed by atoms with E-state index in [1.54, 1.807) is 0 Å². The largest absolute Gasteiger partial charge is 0.239 e. The zero-order valence-corrected chi connectivity index (χ0v) is 8.41. The van der Waals surface area contributed by atoms with Crippen molar-refractivity contribution >= 4 is 0 Å². The van der Waals surface area contributed by atoms with Crippen LogP contribution in [-0.4, -0.2) is 27.2 Å². The van der Waals surface area contributed by atoms with Gasteiger partial charge in [-0.15, -0.1) is 5.10 Å². The Hall–Kier alpha value is -2.40. The molecule has 1 heterocycles. The summed E-state index contributed by atoms with van der Waals surface area (Å²) in [5.74, 6) is 0.640. The van der Waals surface area contributed by atoms with Crippen molar-refractivity contribution in [2.45, 2.75) is 6.42 Å². The molecule has 2 rings (SSSR count). The van der Waals surface area contributed by atoms with Crippen LogP contribution in [0.25, 0.3) is 21.8 Å². The predicted molar refractivity (Wildman–Crippen MR) is 57.3 cm³/mol. The van der Waals surface area contributed by atoms with Crippen LogP contribution in [0.2, 0.25) is 0 Å². The summed E-state index contributed by atoms with van der Waals surface area (Å²) in [6.45, 7) is 0.472. The van der Waals surface area contributed by atoms with E-state index < -0.39 is 0 Å². The second kappa shape index (κ2) is 4.90. The topological polar surface area (TPSA) is 103 Å². The van der Waals surface area contributed by atoms with Gasteiger partial charge in [-0.3, -0.25) is 0 Å². The van der Waals surface area contributed by atoms with Crippen LogP contribution in [0.1, 0.15) is 5.56 Å². The summed E-state index contributed by atoms with van der Waals surface area (Å²) in [6.07, 6.45) is 0.735. The van der Waals surface area contributed by atoms with E-state index in [0.717, 1.165) is 17.5 Å². The van der Waals surface area contributed by atoms with Crippen LogP contribution >= 0.6 is 0 Å². The van der Waals surface area contributed by atoms with Crippen LogP contribution < -0.4 is 0 Å². The van der Waals surface area contributed by atoms with Gasteiger partial charge in [0.05, 0.1) is 0 Å². The van der Waals surface area contributed by atoms with Crippen molar-refractivity contribution in [3.63, 3.8) is 0 Å². The molecule has 0 spiro atoms. The Labute approximate surface area is 91.1 Å². The van der Waals surface area contributed by atoms with E-state index in [4.69, 9.17) is 5.53 Å². The monoisotopic (exact) mass is 215 g/mol. The van der Waals surface area contributed by atoms with Gasteiger partial charge in [-0.25, -0.2) is 5.10 Å². The van der Waals surface area contributed by atoms with Gasteiger partial charge in [0.25, 0.3) is 0 Å². The maximum atomic E-state index is 8.15. The molecule has 0 unspecified atom stereocenters. The van der Waals surface area contributed by atoms with Crippen molar-refractivity contribution in [3.8, 4) is 11.4 Å². The average molecular weight is 215 g/mol. The van der Waals surface area contributed by atoms with Gasteiger partial charge in [0.1, 0.15) is 0 Å². The molecule has 7 heteroatoms. The van der Waals surface area contributed by atoms with E-state index in [2.05, 4.69) is 30.7 Å². The van der Waals surface area contributed by atoms with Crippen LogP contribution in [0.15, 0.2) is 29.4 Å². The molecule has 1 aromatic heterocycles. The maximum absolute atomic E-state index is 8.15. The van der Waals surface area contributed by atoms with Crippen molar-refractivity contribution in [2.75, 3.05) is 6.54 Å². The van der Waals surface area contributed by atoms with Gasteiger partial charge in [-0.2, -0.15) is 0 Å². The van der Waals surface area contributed by atoms with Crippen molar-refractivity contribution in [2.24, 2.45) is 5.11 Å². The molecule has 0 amide bonds. The molecule has 0 fully saturated rings. The summed E-state index contributed by atoms with van der Waals surface area (Å²) < 4.78 is 0. The zero-order chi connectivity index (χ0) is 11.2. The minimum Gasteiger partial charge on any atom is -0.239 e. The van der Waals surface area contributed by atoms with E-state index in [-0.39, 0.29) is 0 Å². The molecule has 2 aromatic rings. The van der Waals surface area contributed by atoms with Gasteiger partial charge in [-0.05, 0) is 27.9 Å². The quantitative estimate of drug-likeness (QED) is 0.477. The normalized spacial score (nSPS) is 9.75. The third-order valence-corrected chi connectivity index (χ3v) is 2.14. The van der Waals surface area contributed by atoms with Crippen molar-refractivity contribution in [3.05, 3.63) is 40.3 Å². The molecule has 16 heavy (non-hydrogen) atoms. The van der Waals surface area contributed by atoms with Gasteiger partial charge >= 0.3 is 0 Å². The fourth-order valence-corrected chi connectivity index (χ4v) is 1.33. The Morgan fingerprint density at radius 2 is 2.12 bits per heavy atom. The molecular weight excluding hydrogens is 206 g/mol. The lowest BCUT2D eigenvalue weighted by Gasteiger charge is -1.99. The lowest BCUT2D eigenvalue weighted by molar-refractivity contribution is 0.881. The van der Waals surface area contributed by atoms with Crippen LogP contribution in [0.4, 0.5) is 0 Å². The summed E-state index contributed by atoms with van der Waals surface area (Å²) in [5, 5.41) is 17.0. The highest BCUT2D eigenvalue weighted by atomic mass is 15.5. The summed E-state index contributed by atoms with van der Waals surface area (Å²) >= 11 is 0. The molecule has 7 nitrogen and oxygen atoms in total. The first-order valence-corrected chi connectivity index (χ1v) is 4.74. The first-order valence-electron chi connectivity index (χ1n) is 4.74. The molecular formula is C9H9N7. The van der Waals surface area contributed by atoms with Crippen LogP contribution in [0.3, 0.4) is 0 Å².